The Bertz CT molecular complexity index is 2030. The van der Waals surface area contributed by atoms with Gasteiger partial charge < -0.3 is 10.2 Å². The minimum Gasteiger partial charge on any atom is -0.392 e. The van der Waals surface area contributed by atoms with Crippen LogP contribution in [-0.4, -0.2) is 35.0 Å². The van der Waals surface area contributed by atoms with Crippen LogP contribution in [0.5, 0.6) is 0 Å². The summed E-state index contributed by atoms with van der Waals surface area (Å²) in [6.07, 6.45) is 50.0. The van der Waals surface area contributed by atoms with Crippen LogP contribution >= 0.6 is 0 Å². The Hall–Kier alpha value is -4.12. The molecule has 0 heterocycles. The van der Waals surface area contributed by atoms with Gasteiger partial charge in [0.25, 0.3) is 0 Å². The van der Waals surface area contributed by atoms with Crippen molar-refractivity contribution in [3.05, 3.63) is 150 Å². The zero-order valence-electron chi connectivity index (χ0n) is 46.5. The fraction of sp³-hybridized carbons (Fsp3) is 0.569. The monoisotopic (exact) mass is 945 g/mol. The number of rotatable bonds is 35. The van der Waals surface area contributed by atoms with Crippen molar-refractivity contribution in [2.45, 2.75) is 231 Å². The van der Waals surface area contributed by atoms with Crippen molar-refractivity contribution < 1.29 is 19.8 Å². The van der Waals surface area contributed by atoms with E-state index in [4.69, 9.17) is 0 Å². The van der Waals surface area contributed by atoms with Gasteiger partial charge in [0, 0.05) is 22.3 Å². The van der Waals surface area contributed by atoms with Gasteiger partial charge in [-0.25, -0.2) is 0 Å². The minimum atomic E-state index is -0.540. The number of Topliss-reactive ketones (excluding diaryl/α,β-unsaturated/α-hetero) is 2. The lowest BCUT2D eigenvalue weighted by Crippen LogP contribution is -2.26. The van der Waals surface area contributed by atoms with Gasteiger partial charge in [0.05, 0.1) is 13.2 Å². The second-order valence-electron chi connectivity index (χ2n) is 20.5. The molecule has 1 aliphatic carbocycles. The first kappa shape index (κ1) is 62.9. The van der Waals surface area contributed by atoms with Gasteiger partial charge in [0.2, 0.25) is 0 Å². The Morgan fingerprint density at radius 3 is 0.739 bits per heavy atom. The van der Waals surface area contributed by atoms with Gasteiger partial charge >= 0.3 is 0 Å². The van der Waals surface area contributed by atoms with Crippen LogP contribution in [0.25, 0.3) is 0 Å². The average molecular weight is 946 g/mol. The molecule has 4 nitrogen and oxygen atoms in total. The van der Waals surface area contributed by atoms with Crippen LogP contribution in [0.1, 0.15) is 231 Å². The highest BCUT2D eigenvalue weighted by molar-refractivity contribution is 6.25. The summed E-state index contributed by atoms with van der Waals surface area (Å²) in [4.78, 5) is 25.4. The molecule has 0 saturated carbocycles. The van der Waals surface area contributed by atoms with Crippen LogP contribution in [-0.2, 0) is 9.59 Å². The standard InChI is InChI=1S/C65H100O4/c1-14-49(2)25-15-26-50(3)27-16-28-51(4)29-17-30-52(5)31-18-32-53(6)33-19-34-54(7)35-20-36-55(8)37-21-38-56(9)39-22-40-57(10)41-23-42-58(11)43-24-44-59(12)45-46-61-60(13)64(68)62(47-66)63(48-67)65(61)69/h25,27,29,31,33,35,37,39,41,43,45,66-67H,14-24,26,28,30,32,34,36,38,40,42,44,46-48H2,1-13H3/b49-25+,50-27+,51-29+,52-31+,53-33+,54-35+,55-37+,56-39+,57-41+,58-43+,59-45+. The van der Waals surface area contributed by atoms with Gasteiger partial charge in [-0.3, -0.25) is 9.59 Å². The summed E-state index contributed by atoms with van der Waals surface area (Å²) in [6, 6.07) is 0. The smallest absolute Gasteiger partial charge is 0.188 e. The molecule has 0 aromatic rings. The molecule has 0 amide bonds. The van der Waals surface area contributed by atoms with E-state index in [1.54, 1.807) is 6.92 Å². The quantitative estimate of drug-likeness (QED) is 0.0490. The number of carbonyl (C=O) groups is 2. The number of hydrogen-bond acceptors (Lipinski definition) is 4. The Kier molecular flexibility index (Phi) is 34.3. The zero-order valence-corrected chi connectivity index (χ0v) is 46.5. The van der Waals surface area contributed by atoms with Crippen LogP contribution in [0, 0.1) is 0 Å². The van der Waals surface area contributed by atoms with Gasteiger partial charge in [0.15, 0.2) is 11.6 Å². The highest BCUT2D eigenvalue weighted by atomic mass is 16.3. The van der Waals surface area contributed by atoms with Gasteiger partial charge in [-0.1, -0.05) is 135 Å². The predicted octanol–water partition coefficient (Wildman–Crippen LogP) is 18.7. The second kappa shape index (κ2) is 37.7. The van der Waals surface area contributed by atoms with E-state index in [1.807, 2.05) is 6.08 Å². The summed E-state index contributed by atoms with van der Waals surface area (Å²) in [6.45, 7) is 27.6. The molecule has 0 spiro atoms. The minimum absolute atomic E-state index is 0.0156. The summed E-state index contributed by atoms with van der Waals surface area (Å²) >= 11 is 0. The van der Waals surface area contributed by atoms with Crippen LogP contribution in [0.3, 0.4) is 0 Å². The molecule has 0 bridgehead atoms. The Balaban J connectivity index is 2.29. The van der Waals surface area contributed by atoms with E-state index < -0.39 is 13.2 Å². The third-order valence-electron chi connectivity index (χ3n) is 13.8. The number of aliphatic hydroxyl groups excluding tert-OH is 2. The van der Waals surface area contributed by atoms with E-state index in [0.29, 0.717) is 17.6 Å². The maximum absolute atomic E-state index is 12.8. The van der Waals surface area contributed by atoms with Gasteiger partial charge in [0.1, 0.15) is 0 Å². The van der Waals surface area contributed by atoms with Crippen molar-refractivity contribution in [2.75, 3.05) is 13.2 Å². The molecule has 0 aromatic carbocycles. The lowest BCUT2D eigenvalue weighted by molar-refractivity contribution is -0.117. The molecule has 0 radical (unpaired) electrons. The van der Waals surface area contributed by atoms with Crippen LogP contribution in [0.4, 0.5) is 0 Å². The molecular weight excluding hydrogens is 845 g/mol. The van der Waals surface area contributed by atoms with Crippen LogP contribution in [0.2, 0.25) is 0 Å². The summed E-state index contributed by atoms with van der Waals surface area (Å²) in [7, 11) is 0. The summed E-state index contributed by atoms with van der Waals surface area (Å²) < 4.78 is 0. The first-order valence-electron chi connectivity index (χ1n) is 26.9. The third kappa shape index (κ3) is 29.6. The molecule has 1 rings (SSSR count). The molecular formula is C65H100O4. The Morgan fingerprint density at radius 1 is 0.319 bits per heavy atom. The zero-order chi connectivity index (χ0) is 51.6. The van der Waals surface area contributed by atoms with Crippen molar-refractivity contribution >= 4 is 11.6 Å². The molecule has 384 valence electrons. The topological polar surface area (TPSA) is 74.6 Å². The average Bonchev–Trinajstić information content (AvgIpc) is 3.29. The fourth-order valence-electron chi connectivity index (χ4n) is 8.47. The van der Waals surface area contributed by atoms with Gasteiger partial charge in [-0.2, -0.15) is 0 Å². The van der Waals surface area contributed by atoms with E-state index in [9.17, 15) is 19.8 Å². The van der Waals surface area contributed by atoms with E-state index in [1.165, 1.54) is 81.4 Å². The number of aliphatic hydroxyl groups is 2. The molecule has 69 heavy (non-hydrogen) atoms. The molecule has 0 aliphatic heterocycles. The molecule has 0 aromatic heterocycles. The number of allylic oxidation sites excluding steroid dienone is 24. The SMILES string of the molecule is CC/C(C)=C/CC/C(C)=C/CC/C(C)=C/CC/C(C)=C/CC/C(C)=C/CC/C(C)=C/CC/C(C)=C/CC/C(C)=C/CC/C(C)=C/CC/C(C)=C/CC/C(C)=C/CC1=C(C)C(=O)C(CO)=C(CO)C1=O. The third-order valence-corrected chi connectivity index (χ3v) is 13.8. The molecule has 0 saturated heterocycles. The maximum Gasteiger partial charge on any atom is 0.188 e. The summed E-state index contributed by atoms with van der Waals surface area (Å²) in [5, 5.41) is 19.2. The number of ketones is 2. The molecule has 0 unspecified atom stereocenters. The van der Waals surface area contributed by atoms with Gasteiger partial charge in [-0.05, 0) is 224 Å². The largest absolute Gasteiger partial charge is 0.392 e. The highest BCUT2D eigenvalue weighted by Gasteiger charge is 2.30. The van der Waals surface area contributed by atoms with E-state index in [-0.39, 0.29) is 22.7 Å². The number of hydrogen-bond donors (Lipinski definition) is 2. The van der Waals surface area contributed by atoms with Crippen molar-refractivity contribution in [3.63, 3.8) is 0 Å². The van der Waals surface area contributed by atoms with Crippen LogP contribution < -0.4 is 0 Å². The van der Waals surface area contributed by atoms with E-state index in [2.05, 4.69) is 144 Å². The van der Waals surface area contributed by atoms with Crippen molar-refractivity contribution in [1.29, 1.82) is 0 Å². The Morgan fingerprint density at radius 2 is 0.522 bits per heavy atom. The van der Waals surface area contributed by atoms with Gasteiger partial charge in [-0.15, -0.1) is 0 Å². The lowest BCUT2D eigenvalue weighted by Gasteiger charge is -2.20. The predicted molar refractivity (Wildman–Crippen MR) is 302 cm³/mol. The van der Waals surface area contributed by atoms with E-state index >= 15 is 0 Å². The summed E-state index contributed by atoms with van der Waals surface area (Å²) in [5.74, 6) is -0.678. The second-order valence-corrected chi connectivity index (χ2v) is 20.5. The maximum atomic E-state index is 12.8. The first-order chi connectivity index (χ1) is 32.9. The van der Waals surface area contributed by atoms with Crippen molar-refractivity contribution in [3.8, 4) is 0 Å². The normalized spacial score (nSPS) is 16.3. The van der Waals surface area contributed by atoms with Crippen molar-refractivity contribution in [1.82, 2.24) is 0 Å². The van der Waals surface area contributed by atoms with E-state index in [0.717, 1.165) is 115 Å². The Labute approximate surface area is 424 Å². The first-order valence-corrected chi connectivity index (χ1v) is 26.9. The molecule has 0 fully saturated rings. The molecule has 0 atom stereocenters. The summed E-state index contributed by atoms with van der Waals surface area (Å²) in [5.41, 5.74) is 16.9. The van der Waals surface area contributed by atoms with Crippen LogP contribution in [0.15, 0.2) is 150 Å². The molecule has 4 heteroatoms. The van der Waals surface area contributed by atoms with Crippen molar-refractivity contribution in [2.24, 2.45) is 0 Å². The molecule has 2 N–H and O–H groups in total. The fourth-order valence-corrected chi connectivity index (χ4v) is 8.47. The number of carbonyl (C=O) groups excluding carboxylic acids is 2. The lowest BCUT2D eigenvalue weighted by atomic mass is 9.83. The highest BCUT2D eigenvalue weighted by Crippen LogP contribution is 2.28. The molecule has 1 aliphatic rings.